The van der Waals surface area contributed by atoms with Crippen molar-refractivity contribution in [2.45, 2.75) is 19.5 Å². The summed E-state index contributed by atoms with van der Waals surface area (Å²) >= 11 is 0. The zero-order chi connectivity index (χ0) is 12.7. The van der Waals surface area contributed by atoms with Crippen LogP contribution in [0.3, 0.4) is 0 Å². The Morgan fingerprint density at radius 3 is 2.59 bits per heavy atom. The van der Waals surface area contributed by atoms with Crippen LogP contribution in [0.2, 0.25) is 0 Å². The molecule has 0 aliphatic rings. The third-order valence-electron chi connectivity index (χ3n) is 2.63. The molecule has 0 saturated heterocycles. The number of carboxylic acid groups (broad SMARTS) is 1. The molecule has 0 aromatic heterocycles. The van der Waals surface area contributed by atoms with E-state index in [0.717, 1.165) is 5.56 Å². The molecule has 0 radical (unpaired) electrons. The molecule has 0 heterocycles. The monoisotopic (exact) mass is 237 g/mol. The molecule has 4 heteroatoms. The quantitative estimate of drug-likeness (QED) is 0.754. The fourth-order valence-electron chi connectivity index (χ4n) is 1.71. The second-order valence-corrected chi connectivity index (χ2v) is 4.12. The fourth-order valence-corrected chi connectivity index (χ4v) is 1.71. The van der Waals surface area contributed by atoms with Gasteiger partial charge in [0, 0.05) is 19.6 Å². The molecule has 2 unspecified atom stereocenters. The van der Waals surface area contributed by atoms with Crippen LogP contribution in [0.1, 0.15) is 12.5 Å². The second kappa shape index (κ2) is 7.04. The summed E-state index contributed by atoms with van der Waals surface area (Å²) in [6, 6.07) is 9.15. The lowest BCUT2D eigenvalue weighted by Gasteiger charge is -2.20. The zero-order valence-corrected chi connectivity index (χ0v) is 10.2. The van der Waals surface area contributed by atoms with E-state index in [9.17, 15) is 4.79 Å². The van der Waals surface area contributed by atoms with E-state index in [0.29, 0.717) is 13.2 Å². The molecule has 4 nitrogen and oxygen atoms in total. The van der Waals surface area contributed by atoms with Gasteiger partial charge in [0.05, 0.1) is 6.61 Å². The summed E-state index contributed by atoms with van der Waals surface area (Å²) in [6.45, 7) is 2.84. The van der Waals surface area contributed by atoms with Crippen molar-refractivity contribution in [1.29, 1.82) is 0 Å². The molecule has 17 heavy (non-hydrogen) atoms. The van der Waals surface area contributed by atoms with Crippen molar-refractivity contribution in [3.8, 4) is 0 Å². The summed E-state index contributed by atoms with van der Waals surface area (Å²) in [5.74, 6) is -0.910. The number of aliphatic carboxylic acids is 1. The second-order valence-electron chi connectivity index (χ2n) is 4.12. The van der Waals surface area contributed by atoms with Crippen LogP contribution in [0, 0.1) is 5.92 Å². The van der Waals surface area contributed by atoms with Gasteiger partial charge in [-0.15, -0.1) is 0 Å². The molecular formula is C13H19NO3. The molecular weight excluding hydrogens is 218 g/mol. The Labute approximate surface area is 102 Å². The summed E-state index contributed by atoms with van der Waals surface area (Å²) < 4.78 is 4.98. The number of benzene rings is 1. The van der Waals surface area contributed by atoms with Crippen LogP contribution < -0.4 is 5.32 Å². The molecule has 2 atom stereocenters. The topological polar surface area (TPSA) is 58.6 Å². The van der Waals surface area contributed by atoms with E-state index in [4.69, 9.17) is 9.84 Å². The molecule has 0 aliphatic heterocycles. The Kier molecular flexibility index (Phi) is 5.66. The van der Waals surface area contributed by atoms with Gasteiger partial charge in [0.1, 0.15) is 6.04 Å². The highest BCUT2D eigenvalue weighted by Crippen LogP contribution is 2.06. The molecule has 1 rings (SSSR count). The number of hydrogen-bond donors (Lipinski definition) is 2. The predicted molar refractivity (Wildman–Crippen MR) is 65.7 cm³/mol. The van der Waals surface area contributed by atoms with E-state index in [2.05, 4.69) is 5.32 Å². The summed E-state index contributed by atoms with van der Waals surface area (Å²) in [5, 5.41) is 12.2. The number of nitrogens with one attached hydrogen (secondary N) is 1. The van der Waals surface area contributed by atoms with Crippen molar-refractivity contribution < 1.29 is 14.6 Å². The Morgan fingerprint density at radius 1 is 1.41 bits per heavy atom. The summed E-state index contributed by atoms with van der Waals surface area (Å²) in [7, 11) is 1.58. The third kappa shape index (κ3) is 4.54. The van der Waals surface area contributed by atoms with Gasteiger partial charge in [0.25, 0.3) is 0 Å². The minimum absolute atomic E-state index is 0.0683. The Balaban J connectivity index is 2.53. The van der Waals surface area contributed by atoms with Gasteiger partial charge in [-0.2, -0.15) is 0 Å². The van der Waals surface area contributed by atoms with Gasteiger partial charge >= 0.3 is 5.97 Å². The van der Waals surface area contributed by atoms with E-state index in [-0.39, 0.29) is 5.92 Å². The van der Waals surface area contributed by atoms with Gasteiger partial charge in [-0.25, -0.2) is 0 Å². The molecule has 0 amide bonds. The van der Waals surface area contributed by atoms with E-state index in [1.807, 2.05) is 37.3 Å². The van der Waals surface area contributed by atoms with Crippen molar-refractivity contribution in [2.24, 2.45) is 5.92 Å². The van der Waals surface area contributed by atoms with Crippen LogP contribution in [0.4, 0.5) is 0 Å². The highest BCUT2D eigenvalue weighted by atomic mass is 16.5. The first kappa shape index (κ1) is 13.7. The van der Waals surface area contributed by atoms with Gasteiger partial charge in [0.15, 0.2) is 0 Å². The van der Waals surface area contributed by atoms with Crippen LogP contribution in [0.15, 0.2) is 30.3 Å². The number of methoxy groups -OCH3 is 1. The van der Waals surface area contributed by atoms with Crippen LogP contribution in [0.5, 0.6) is 0 Å². The van der Waals surface area contributed by atoms with Gasteiger partial charge in [-0.3, -0.25) is 4.79 Å². The van der Waals surface area contributed by atoms with Crippen molar-refractivity contribution >= 4 is 5.97 Å². The number of carbonyl (C=O) groups is 1. The molecule has 0 fully saturated rings. The zero-order valence-electron chi connectivity index (χ0n) is 10.2. The van der Waals surface area contributed by atoms with E-state index in [1.165, 1.54) is 0 Å². The van der Waals surface area contributed by atoms with E-state index in [1.54, 1.807) is 7.11 Å². The van der Waals surface area contributed by atoms with Gasteiger partial charge in [-0.05, 0) is 5.56 Å². The maximum atomic E-state index is 11.1. The smallest absolute Gasteiger partial charge is 0.321 e. The first-order chi connectivity index (χ1) is 8.15. The van der Waals surface area contributed by atoms with Crippen molar-refractivity contribution in [1.82, 2.24) is 5.32 Å². The maximum absolute atomic E-state index is 11.1. The number of carboxylic acids is 1. The van der Waals surface area contributed by atoms with Gasteiger partial charge in [0.2, 0.25) is 0 Å². The molecule has 0 bridgehead atoms. The maximum Gasteiger partial charge on any atom is 0.321 e. The highest BCUT2D eigenvalue weighted by Gasteiger charge is 2.23. The first-order valence-electron chi connectivity index (χ1n) is 5.64. The lowest BCUT2D eigenvalue weighted by molar-refractivity contribution is -0.141. The van der Waals surface area contributed by atoms with Crippen molar-refractivity contribution in [2.75, 3.05) is 13.7 Å². The molecule has 0 aliphatic carbocycles. The average molecular weight is 237 g/mol. The lowest BCUT2D eigenvalue weighted by atomic mass is 10.0. The molecule has 0 spiro atoms. The van der Waals surface area contributed by atoms with Crippen LogP contribution in [-0.2, 0) is 16.1 Å². The first-order valence-corrected chi connectivity index (χ1v) is 5.64. The van der Waals surface area contributed by atoms with Crippen molar-refractivity contribution in [3.63, 3.8) is 0 Å². The van der Waals surface area contributed by atoms with Gasteiger partial charge < -0.3 is 15.2 Å². The minimum Gasteiger partial charge on any atom is -0.480 e. The predicted octanol–water partition coefficient (Wildman–Crippen LogP) is 1.51. The largest absolute Gasteiger partial charge is 0.480 e. The minimum atomic E-state index is -0.842. The van der Waals surface area contributed by atoms with Crippen LogP contribution >= 0.6 is 0 Å². The summed E-state index contributed by atoms with van der Waals surface area (Å²) in [5.41, 5.74) is 1.07. The Bertz CT molecular complexity index is 340. The van der Waals surface area contributed by atoms with Crippen LogP contribution in [0.25, 0.3) is 0 Å². The SMILES string of the molecule is COCC(C)C(NCc1ccccc1)C(=O)O. The summed E-state index contributed by atoms with van der Waals surface area (Å²) in [6.07, 6.45) is 0. The Hall–Kier alpha value is -1.39. The standard InChI is InChI=1S/C13H19NO3/c1-10(9-17-2)12(13(15)16)14-8-11-6-4-3-5-7-11/h3-7,10,12,14H,8-9H2,1-2H3,(H,15,16). The number of rotatable bonds is 7. The average Bonchev–Trinajstić information content (AvgIpc) is 2.30. The summed E-state index contributed by atoms with van der Waals surface area (Å²) in [4.78, 5) is 11.1. The molecule has 0 saturated carbocycles. The third-order valence-corrected chi connectivity index (χ3v) is 2.63. The lowest BCUT2D eigenvalue weighted by Crippen LogP contribution is -2.43. The Morgan fingerprint density at radius 2 is 2.06 bits per heavy atom. The normalized spacial score (nSPS) is 14.2. The highest BCUT2D eigenvalue weighted by molar-refractivity contribution is 5.73. The molecule has 1 aromatic rings. The van der Waals surface area contributed by atoms with Gasteiger partial charge in [-0.1, -0.05) is 37.3 Å². The molecule has 94 valence electrons. The fraction of sp³-hybridized carbons (Fsp3) is 0.462. The molecule has 2 N–H and O–H groups in total. The van der Waals surface area contributed by atoms with E-state index < -0.39 is 12.0 Å². The molecule has 1 aromatic carbocycles. The van der Waals surface area contributed by atoms with Crippen molar-refractivity contribution in [3.05, 3.63) is 35.9 Å². The number of ether oxygens (including phenoxy) is 1. The number of hydrogen-bond acceptors (Lipinski definition) is 3. The van der Waals surface area contributed by atoms with Crippen LogP contribution in [-0.4, -0.2) is 30.8 Å². The van der Waals surface area contributed by atoms with E-state index >= 15 is 0 Å².